The molecule has 0 aliphatic carbocycles. The van der Waals surface area contributed by atoms with Gasteiger partial charge in [-0.3, -0.25) is 4.90 Å². The van der Waals surface area contributed by atoms with Gasteiger partial charge in [-0.05, 0) is 11.4 Å². The number of hydrogen-bond acceptors (Lipinski definition) is 7. The van der Waals surface area contributed by atoms with Gasteiger partial charge in [0.05, 0.1) is 11.9 Å². The highest BCUT2D eigenvalue weighted by Gasteiger charge is 2.34. The lowest BCUT2D eigenvalue weighted by Crippen LogP contribution is -2.46. The zero-order chi connectivity index (χ0) is 17.4. The van der Waals surface area contributed by atoms with Gasteiger partial charge in [-0.1, -0.05) is 0 Å². The Morgan fingerprint density at radius 3 is 2.60 bits per heavy atom. The molecule has 0 amide bonds. The fourth-order valence-corrected chi connectivity index (χ4v) is 4.42. The molecule has 1 saturated heterocycles. The maximum Gasteiger partial charge on any atom is 0.434 e. The molecule has 4 heterocycles. The third-order valence-corrected chi connectivity index (χ3v) is 5.77. The van der Waals surface area contributed by atoms with Crippen LogP contribution in [0.5, 0.6) is 0 Å². The van der Waals surface area contributed by atoms with Crippen LogP contribution < -0.4 is 4.90 Å². The molecule has 25 heavy (non-hydrogen) atoms. The van der Waals surface area contributed by atoms with Crippen LogP contribution in [0.2, 0.25) is 0 Å². The summed E-state index contributed by atoms with van der Waals surface area (Å²) < 4.78 is 37.9. The summed E-state index contributed by atoms with van der Waals surface area (Å²) in [5.41, 5.74) is -0.799. The van der Waals surface area contributed by atoms with Gasteiger partial charge in [0, 0.05) is 31.6 Å². The fraction of sp³-hybridized carbons (Fsp3) is 0.400. The third kappa shape index (κ3) is 3.46. The van der Waals surface area contributed by atoms with E-state index in [1.807, 2.05) is 11.4 Å². The van der Waals surface area contributed by atoms with E-state index in [0.29, 0.717) is 11.6 Å². The van der Waals surface area contributed by atoms with Crippen LogP contribution in [-0.4, -0.2) is 46.0 Å². The second-order valence-corrected chi connectivity index (χ2v) is 7.56. The minimum atomic E-state index is -4.37. The Hall–Kier alpha value is -1.78. The van der Waals surface area contributed by atoms with E-state index in [-0.39, 0.29) is 0 Å². The molecule has 0 unspecified atom stereocenters. The first-order chi connectivity index (χ1) is 12.0. The van der Waals surface area contributed by atoms with Crippen molar-refractivity contribution in [2.24, 2.45) is 0 Å². The van der Waals surface area contributed by atoms with Crippen LogP contribution >= 0.6 is 22.7 Å². The standard InChI is InChI=1S/C15H14F3N5S2/c16-15(17,18)11-8-25-12(21-11)7-22-2-4-23(5-3-22)13-10-1-6-24-14(10)20-9-19-13/h1,6,8-9H,2-5,7H2. The lowest BCUT2D eigenvalue weighted by molar-refractivity contribution is -0.140. The van der Waals surface area contributed by atoms with Crippen LogP contribution in [0.4, 0.5) is 19.0 Å². The SMILES string of the molecule is FC(F)(F)c1csc(CN2CCN(c3ncnc4sccc34)CC2)n1. The van der Waals surface area contributed by atoms with Crippen LogP contribution in [0, 0.1) is 0 Å². The molecular weight excluding hydrogens is 371 g/mol. The normalized spacial score (nSPS) is 16.7. The molecule has 3 aromatic rings. The summed E-state index contributed by atoms with van der Waals surface area (Å²) in [6, 6.07) is 2.02. The summed E-state index contributed by atoms with van der Waals surface area (Å²) in [7, 11) is 0. The summed E-state index contributed by atoms with van der Waals surface area (Å²) in [6.07, 6.45) is -2.79. The molecule has 0 N–H and O–H groups in total. The Kier molecular flexibility index (Phi) is 4.34. The first-order valence-electron chi connectivity index (χ1n) is 7.68. The van der Waals surface area contributed by atoms with E-state index < -0.39 is 11.9 Å². The molecule has 3 aromatic heterocycles. The average Bonchev–Trinajstić information content (AvgIpc) is 3.23. The van der Waals surface area contributed by atoms with Crippen molar-refractivity contribution >= 4 is 38.7 Å². The van der Waals surface area contributed by atoms with Crippen LogP contribution in [0.3, 0.4) is 0 Å². The number of hydrogen-bond donors (Lipinski definition) is 0. The molecule has 0 radical (unpaired) electrons. The second-order valence-electron chi connectivity index (χ2n) is 5.72. The second kappa shape index (κ2) is 6.50. The highest BCUT2D eigenvalue weighted by Crippen LogP contribution is 2.31. The number of rotatable bonds is 3. The lowest BCUT2D eigenvalue weighted by Gasteiger charge is -2.35. The van der Waals surface area contributed by atoms with Gasteiger partial charge in [-0.2, -0.15) is 13.2 Å². The minimum Gasteiger partial charge on any atom is -0.353 e. The predicted octanol–water partition coefficient (Wildman–Crippen LogP) is 3.49. The van der Waals surface area contributed by atoms with Crippen molar-refractivity contribution in [1.82, 2.24) is 19.9 Å². The van der Waals surface area contributed by atoms with Gasteiger partial charge in [-0.15, -0.1) is 22.7 Å². The molecule has 1 aliphatic heterocycles. The highest BCUT2D eigenvalue weighted by atomic mass is 32.1. The third-order valence-electron chi connectivity index (χ3n) is 4.11. The maximum absolute atomic E-state index is 12.6. The minimum absolute atomic E-state index is 0.451. The molecule has 132 valence electrons. The van der Waals surface area contributed by atoms with Gasteiger partial charge >= 0.3 is 6.18 Å². The van der Waals surface area contributed by atoms with Gasteiger partial charge in [0.2, 0.25) is 0 Å². The van der Waals surface area contributed by atoms with Gasteiger partial charge in [0.25, 0.3) is 0 Å². The van der Waals surface area contributed by atoms with Crippen molar-refractivity contribution in [3.8, 4) is 0 Å². The number of halogens is 3. The van der Waals surface area contributed by atoms with E-state index in [4.69, 9.17) is 0 Å². The first kappa shape index (κ1) is 16.7. The molecule has 10 heteroatoms. The zero-order valence-corrected chi connectivity index (χ0v) is 14.7. The van der Waals surface area contributed by atoms with Gasteiger partial charge in [0.1, 0.15) is 22.0 Å². The van der Waals surface area contributed by atoms with E-state index >= 15 is 0 Å². The number of alkyl halides is 3. The summed E-state index contributed by atoms with van der Waals surface area (Å²) in [5, 5.41) is 4.64. The fourth-order valence-electron chi connectivity index (χ4n) is 2.85. The number of aromatic nitrogens is 3. The van der Waals surface area contributed by atoms with Crippen LogP contribution in [-0.2, 0) is 12.7 Å². The van der Waals surface area contributed by atoms with Crippen molar-refractivity contribution in [1.29, 1.82) is 0 Å². The van der Waals surface area contributed by atoms with Crippen molar-refractivity contribution < 1.29 is 13.2 Å². The van der Waals surface area contributed by atoms with Crippen molar-refractivity contribution in [3.05, 3.63) is 33.9 Å². The Balaban J connectivity index is 1.40. The molecular formula is C15H14F3N5S2. The van der Waals surface area contributed by atoms with Gasteiger partial charge in [0.15, 0.2) is 5.69 Å². The molecule has 0 saturated carbocycles. The topological polar surface area (TPSA) is 45.2 Å². The molecule has 0 aromatic carbocycles. The van der Waals surface area contributed by atoms with E-state index in [2.05, 4.69) is 24.8 Å². The number of piperazine rings is 1. The first-order valence-corrected chi connectivity index (χ1v) is 9.44. The van der Waals surface area contributed by atoms with Gasteiger partial charge in [-0.25, -0.2) is 15.0 Å². The summed E-state index contributed by atoms with van der Waals surface area (Å²) >= 11 is 2.65. The molecule has 1 fully saturated rings. The molecule has 0 atom stereocenters. The smallest absolute Gasteiger partial charge is 0.353 e. The number of fused-ring (bicyclic) bond motifs is 1. The van der Waals surface area contributed by atoms with E-state index in [9.17, 15) is 13.2 Å². The Morgan fingerprint density at radius 2 is 1.88 bits per heavy atom. The number of anilines is 1. The van der Waals surface area contributed by atoms with Crippen LogP contribution in [0.1, 0.15) is 10.7 Å². The molecule has 1 aliphatic rings. The molecule has 4 rings (SSSR count). The van der Waals surface area contributed by atoms with Crippen LogP contribution in [0.15, 0.2) is 23.2 Å². The van der Waals surface area contributed by atoms with E-state index in [1.165, 1.54) is 0 Å². The number of thiazole rings is 1. The van der Waals surface area contributed by atoms with Crippen LogP contribution in [0.25, 0.3) is 10.2 Å². The Bertz CT molecular complexity index is 867. The molecule has 0 bridgehead atoms. The maximum atomic E-state index is 12.6. The average molecular weight is 385 g/mol. The highest BCUT2D eigenvalue weighted by molar-refractivity contribution is 7.16. The Labute approximate surface area is 149 Å². The number of nitrogens with zero attached hydrogens (tertiary/aromatic N) is 5. The van der Waals surface area contributed by atoms with E-state index in [1.54, 1.807) is 17.7 Å². The Morgan fingerprint density at radius 1 is 1.08 bits per heavy atom. The summed E-state index contributed by atoms with van der Waals surface area (Å²) in [4.78, 5) is 17.7. The monoisotopic (exact) mass is 385 g/mol. The van der Waals surface area contributed by atoms with Crippen molar-refractivity contribution in [2.75, 3.05) is 31.1 Å². The van der Waals surface area contributed by atoms with Crippen molar-refractivity contribution in [3.63, 3.8) is 0 Å². The quantitative estimate of drug-likeness (QED) is 0.691. The largest absolute Gasteiger partial charge is 0.434 e. The molecule has 0 spiro atoms. The number of thiophene rings is 1. The lowest BCUT2D eigenvalue weighted by atomic mass is 10.2. The predicted molar refractivity (Wildman–Crippen MR) is 92.0 cm³/mol. The van der Waals surface area contributed by atoms with Gasteiger partial charge < -0.3 is 4.90 Å². The van der Waals surface area contributed by atoms with E-state index in [0.717, 1.165) is 58.9 Å². The van der Waals surface area contributed by atoms with Crippen molar-refractivity contribution in [2.45, 2.75) is 12.7 Å². The summed E-state index contributed by atoms with van der Waals surface area (Å²) in [5.74, 6) is 0.930. The zero-order valence-electron chi connectivity index (χ0n) is 13.0. The summed E-state index contributed by atoms with van der Waals surface area (Å²) in [6.45, 7) is 3.53. The molecule has 5 nitrogen and oxygen atoms in total.